The van der Waals surface area contributed by atoms with Crippen LogP contribution in [-0.4, -0.2) is 7.11 Å². The number of hydrogen-bond acceptors (Lipinski definition) is 1. The molecule has 0 heterocycles. The SMILES string of the molecule is C.C.C.CCCCCCC/C=C\OC. The maximum atomic E-state index is 4.79. The molecule has 0 aromatic heterocycles. The van der Waals surface area contributed by atoms with Gasteiger partial charge in [0.05, 0.1) is 13.4 Å². The molecule has 1 nitrogen and oxygen atoms in total. The predicted molar refractivity (Wildman–Crippen MR) is 69.7 cm³/mol. The number of hydrogen-bond donors (Lipinski definition) is 0. The summed E-state index contributed by atoms with van der Waals surface area (Å²) in [5, 5.41) is 0. The minimum atomic E-state index is 0. The summed E-state index contributed by atoms with van der Waals surface area (Å²) in [4.78, 5) is 0. The van der Waals surface area contributed by atoms with E-state index in [2.05, 4.69) is 13.0 Å². The van der Waals surface area contributed by atoms with Crippen molar-refractivity contribution in [2.24, 2.45) is 0 Å². The van der Waals surface area contributed by atoms with Crippen LogP contribution in [-0.2, 0) is 4.74 Å². The highest BCUT2D eigenvalue weighted by molar-refractivity contribution is 4.72. The van der Waals surface area contributed by atoms with Crippen LogP contribution < -0.4 is 0 Å². The van der Waals surface area contributed by atoms with Crippen LogP contribution in [0.15, 0.2) is 12.3 Å². The second-order valence-corrected chi connectivity index (χ2v) is 2.81. The highest BCUT2D eigenvalue weighted by Crippen LogP contribution is 2.04. The number of rotatable bonds is 7. The van der Waals surface area contributed by atoms with Crippen molar-refractivity contribution in [2.45, 2.75) is 67.7 Å². The van der Waals surface area contributed by atoms with Gasteiger partial charge in [-0.05, 0) is 18.9 Å². The fourth-order valence-electron chi connectivity index (χ4n) is 1.03. The highest BCUT2D eigenvalue weighted by Gasteiger charge is 1.85. The van der Waals surface area contributed by atoms with Crippen LogP contribution in [0, 0.1) is 0 Å². The lowest BCUT2D eigenvalue weighted by Crippen LogP contribution is -1.76. The summed E-state index contributed by atoms with van der Waals surface area (Å²) in [6.07, 6.45) is 11.8. The Morgan fingerprint density at radius 2 is 1.50 bits per heavy atom. The third-order valence-corrected chi connectivity index (χ3v) is 1.71. The highest BCUT2D eigenvalue weighted by atomic mass is 16.5. The Hall–Kier alpha value is -0.460. The van der Waals surface area contributed by atoms with Gasteiger partial charge in [-0.2, -0.15) is 0 Å². The van der Waals surface area contributed by atoms with E-state index >= 15 is 0 Å². The maximum Gasteiger partial charge on any atom is 0.0784 e. The van der Waals surface area contributed by atoms with Gasteiger partial charge in [0.25, 0.3) is 0 Å². The molecule has 0 amide bonds. The van der Waals surface area contributed by atoms with Gasteiger partial charge in [-0.15, -0.1) is 0 Å². The molecule has 0 N–H and O–H groups in total. The minimum Gasteiger partial charge on any atom is -0.505 e. The first kappa shape index (κ1) is 23.4. The normalized spacial score (nSPS) is 8.43. The Labute approximate surface area is 92.6 Å². The number of ether oxygens (including phenoxy) is 1. The molecule has 0 saturated heterocycles. The first-order chi connectivity index (χ1) is 5.41. The molecule has 14 heavy (non-hydrogen) atoms. The Kier molecular flexibility index (Phi) is 38.3. The molecule has 0 rings (SSSR count). The van der Waals surface area contributed by atoms with Crippen molar-refractivity contribution < 1.29 is 4.74 Å². The first-order valence-electron chi connectivity index (χ1n) is 4.59. The molecule has 0 unspecified atom stereocenters. The van der Waals surface area contributed by atoms with Gasteiger partial charge in [-0.3, -0.25) is 0 Å². The standard InChI is InChI=1S/C10H20O.3CH4/c1-3-4-5-6-7-8-9-10-11-2;;;/h9-10H,3-8H2,1-2H3;3*1H4/b10-9-;;;. The van der Waals surface area contributed by atoms with Crippen molar-refractivity contribution in [3.05, 3.63) is 12.3 Å². The minimum absolute atomic E-state index is 0. The molecule has 0 aromatic rings. The Balaban J connectivity index is -0.000000167. The van der Waals surface area contributed by atoms with Crippen molar-refractivity contribution in [3.8, 4) is 0 Å². The van der Waals surface area contributed by atoms with Crippen LogP contribution >= 0.6 is 0 Å². The van der Waals surface area contributed by atoms with Crippen molar-refractivity contribution in [3.63, 3.8) is 0 Å². The van der Waals surface area contributed by atoms with E-state index in [0.717, 1.165) is 6.42 Å². The Morgan fingerprint density at radius 1 is 0.929 bits per heavy atom. The van der Waals surface area contributed by atoms with Crippen LogP contribution in [0.5, 0.6) is 0 Å². The largest absolute Gasteiger partial charge is 0.505 e. The van der Waals surface area contributed by atoms with Crippen molar-refractivity contribution in [2.75, 3.05) is 7.11 Å². The third-order valence-electron chi connectivity index (χ3n) is 1.71. The summed E-state index contributed by atoms with van der Waals surface area (Å²) in [7, 11) is 1.69. The van der Waals surface area contributed by atoms with Crippen LogP contribution in [0.2, 0.25) is 0 Å². The molecule has 0 aliphatic carbocycles. The Morgan fingerprint density at radius 3 is 2.00 bits per heavy atom. The van der Waals surface area contributed by atoms with Crippen molar-refractivity contribution >= 4 is 0 Å². The fourth-order valence-corrected chi connectivity index (χ4v) is 1.03. The molecule has 0 atom stereocenters. The van der Waals surface area contributed by atoms with Crippen molar-refractivity contribution in [1.82, 2.24) is 0 Å². The van der Waals surface area contributed by atoms with E-state index in [9.17, 15) is 0 Å². The molecular weight excluding hydrogens is 172 g/mol. The van der Waals surface area contributed by atoms with E-state index in [1.165, 1.54) is 32.1 Å². The zero-order valence-corrected chi connectivity index (χ0v) is 7.81. The van der Waals surface area contributed by atoms with Gasteiger partial charge in [0.2, 0.25) is 0 Å². The summed E-state index contributed by atoms with van der Waals surface area (Å²) in [5.74, 6) is 0. The van der Waals surface area contributed by atoms with Crippen LogP contribution in [0.25, 0.3) is 0 Å². The van der Waals surface area contributed by atoms with Gasteiger partial charge in [-0.1, -0.05) is 54.9 Å². The fraction of sp³-hybridized carbons (Fsp3) is 0.846. The number of allylic oxidation sites excluding steroid dienone is 1. The molecule has 0 fully saturated rings. The average Bonchev–Trinajstić information content (AvgIpc) is 2.03. The van der Waals surface area contributed by atoms with Gasteiger partial charge < -0.3 is 4.74 Å². The topological polar surface area (TPSA) is 9.23 Å². The van der Waals surface area contributed by atoms with E-state index in [1.54, 1.807) is 13.4 Å². The molecule has 90 valence electrons. The monoisotopic (exact) mass is 204 g/mol. The van der Waals surface area contributed by atoms with Gasteiger partial charge in [0.1, 0.15) is 0 Å². The van der Waals surface area contributed by atoms with Crippen LogP contribution in [0.1, 0.15) is 67.7 Å². The van der Waals surface area contributed by atoms with Crippen LogP contribution in [0.3, 0.4) is 0 Å². The second kappa shape index (κ2) is 22.9. The molecule has 0 spiro atoms. The average molecular weight is 204 g/mol. The molecule has 0 aliphatic heterocycles. The van der Waals surface area contributed by atoms with Crippen molar-refractivity contribution in [1.29, 1.82) is 0 Å². The number of methoxy groups -OCH3 is 1. The van der Waals surface area contributed by atoms with E-state index in [0.29, 0.717) is 0 Å². The quantitative estimate of drug-likeness (QED) is 0.397. The number of unbranched alkanes of at least 4 members (excludes halogenated alkanes) is 5. The zero-order chi connectivity index (χ0) is 8.36. The molecule has 0 radical (unpaired) electrons. The maximum absolute atomic E-state index is 4.79. The molecule has 0 aromatic carbocycles. The van der Waals surface area contributed by atoms with E-state index < -0.39 is 0 Å². The van der Waals surface area contributed by atoms with E-state index in [-0.39, 0.29) is 22.3 Å². The lowest BCUT2D eigenvalue weighted by Gasteiger charge is -1.95. The van der Waals surface area contributed by atoms with Gasteiger partial charge in [0, 0.05) is 0 Å². The molecule has 0 aliphatic rings. The summed E-state index contributed by atoms with van der Waals surface area (Å²) >= 11 is 0. The van der Waals surface area contributed by atoms with E-state index in [4.69, 9.17) is 4.74 Å². The molecule has 0 bridgehead atoms. The lowest BCUT2D eigenvalue weighted by molar-refractivity contribution is 0.336. The third kappa shape index (κ3) is 22.5. The first-order valence-corrected chi connectivity index (χ1v) is 4.59. The van der Waals surface area contributed by atoms with Gasteiger partial charge in [0.15, 0.2) is 0 Å². The lowest BCUT2D eigenvalue weighted by atomic mass is 10.1. The summed E-state index contributed by atoms with van der Waals surface area (Å²) in [5.41, 5.74) is 0. The van der Waals surface area contributed by atoms with Crippen LogP contribution in [0.4, 0.5) is 0 Å². The summed E-state index contributed by atoms with van der Waals surface area (Å²) in [6, 6.07) is 0. The molecule has 0 saturated carbocycles. The predicted octanol–water partition coefficient (Wildman–Crippen LogP) is 5.42. The molecular formula is C13H32O. The summed E-state index contributed by atoms with van der Waals surface area (Å²) < 4.78 is 4.79. The van der Waals surface area contributed by atoms with E-state index in [1.807, 2.05) is 0 Å². The smallest absolute Gasteiger partial charge is 0.0784 e. The zero-order valence-electron chi connectivity index (χ0n) is 7.81. The second-order valence-electron chi connectivity index (χ2n) is 2.81. The summed E-state index contributed by atoms with van der Waals surface area (Å²) in [6.45, 7) is 2.24. The van der Waals surface area contributed by atoms with Gasteiger partial charge >= 0.3 is 0 Å². The van der Waals surface area contributed by atoms with Gasteiger partial charge in [-0.25, -0.2) is 0 Å². The molecule has 1 heteroatoms. The Bertz CT molecular complexity index is 87.2.